The summed E-state index contributed by atoms with van der Waals surface area (Å²) in [6.07, 6.45) is 3.70. The van der Waals surface area contributed by atoms with Crippen LogP contribution in [0.25, 0.3) is 5.32 Å². The van der Waals surface area contributed by atoms with Crippen molar-refractivity contribution < 1.29 is 30.6 Å². The van der Waals surface area contributed by atoms with Crippen LogP contribution in [0.1, 0.15) is 31.1 Å². The van der Waals surface area contributed by atoms with Crippen molar-refractivity contribution in [1.82, 2.24) is 0 Å². The van der Waals surface area contributed by atoms with Gasteiger partial charge in [0.25, 0.3) is 0 Å². The van der Waals surface area contributed by atoms with Crippen molar-refractivity contribution in [2.45, 2.75) is 38.1 Å². The van der Waals surface area contributed by atoms with Crippen molar-refractivity contribution in [2.24, 2.45) is 0 Å². The number of ether oxygens (including phenoxy) is 1. The molecule has 0 aliphatic carbocycles. The van der Waals surface area contributed by atoms with Crippen LogP contribution in [0.2, 0.25) is 0 Å². The quantitative estimate of drug-likeness (QED) is 0.319. The molecule has 0 radical (unpaired) electrons. The Bertz CT molecular complexity index is 1030. The third-order valence-electron chi connectivity index (χ3n) is 5.19. The zero-order valence-electron chi connectivity index (χ0n) is 18.2. The number of nitrogens with zero attached hydrogens (tertiary/aromatic N) is 1. The number of carbonyl (C=O) groups is 1. The van der Waals surface area contributed by atoms with Crippen LogP contribution in [0.3, 0.4) is 0 Å². The summed E-state index contributed by atoms with van der Waals surface area (Å²) in [7, 11) is 0. The second kappa shape index (κ2) is 10.9. The Morgan fingerprint density at radius 2 is 1.53 bits per heavy atom. The number of allylic oxidation sites excluding steroid dienone is 1. The molecule has 1 unspecified atom stereocenters. The van der Waals surface area contributed by atoms with Crippen LogP contribution in [0.15, 0.2) is 97.1 Å². The number of benzene rings is 3. The molecule has 5 heteroatoms. The van der Waals surface area contributed by atoms with E-state index in [4.69, 9.17) is 10.1 Å². The summed E-state index contributed by atoms with van der Waals surface area (Å²) in [6, 6.07) is 27.8. The van der Waals surface area contributed by atoms with Gasteiger partial charge in [0.2, 0.25) is 0 Å². The molecule has 0 aromatic heterocycles. The van der Waals surface area contributed by atoms with Gasteiger partial charge in [-0.05, 0) is 47.2 Å². The minimum Gasteiger partial charge on any atom is -0.626 e. The Labute approximate surface area is 204 Å². The molecule has 168 valence electrons. The number of ketones is 1. The molecule has 32 heavy (non-hydrogen) atoms. The fourth-order valence-electron chi connectivity index (χ4n) is 3.75. The summed E-state index contributed by atoms with van der Waals surface area (Å²) in [5.41, 5.74) is 3.51. The minimum atomic E-state index is -0.569. The van der Waals surface area contributed by atoms with E-state index in [9.17, 15) is 4.79 Å². The van der Waals surface area contributed by atoms with E-state index in [0.717, 1.165) is 22.5 Å². The largest absolute Gasteiger partial charge is 0.626 e. The molecule has 0 saturated carbocycles. The van der Waals surface area contributed by atoms with Gasteiger partial charge in [-0.1, -0.05) is 86.6 Å². The molecule has 4 nitrogen and oxygen atoms in total. The molecule has 3 aromatic carbocycles. The van der Waals surface area contributed by atoms with Crippen molar-refractivity contribution in [2.75, 3.05) is 5.32 Å². The van der Waals surface area contributed by atoms with Crippen molar-refractivity contribution in [3.63, 3.8) is 0 Å². The first kappa shape index (κ1) is 24.1. The van der Waals surface area contributed by atoms with Gasteiger partial charge in [-0.15, -0.1) is 0 Å². The van der Waals surface area contributed by atoms with Gasteiger partial charge in [-0.3, -0.25) is 4.79 Å². The fraction of sp³-hybridized carbons (Fsp3) is 0.222. The fourth-order valence-corrected chi connectivity index (χ4v) is 3.75. The first-order valence-corrected chi connectivity index (χ1v) is 10.6. The predicted octanol–water partition coefficient (Wildman–Crippen LogP) is 6.35. The topological polar surface area (TPSA) is 52.4 Å². The molecule has 2 atom stereocenters. The number of hydrogen-bond donors (Lipinski definition) is 1. The van der Waals surface area contributed by atoms with Gasteiger partial charge in [-0.25, -0.2) is 0 Å². The van der Waals surface area contributed by atoms with Crippen LogP contribution in [-0.2, 0) is 37.0 Å². The Hall–Kier alpha value is -2.52. The number of rotatable bonds is 7. The molecule has 4 rings (SSSR count). The third kappa shape index (κ3) is 6.49. The van der Waals surface area contributed by atoms with E-state index in [2.05, 4.69) is 5.32 Å². The first-order chi connectivity index (χ1) is 15.0. The average Bonchev–Trinajstić information content (AvgIpc) is 3.09. The van der Waals surface area contributed by atoms with Crippen molar-refractivity contribution in [1.29, 1.82) is 0 Å². The van der Waals surface area contributed by atoms with Gasteiger partial charge in [0, 0.05) is 38.9 Å². The molecule has 0 amide bonds. The summed E-state index contributed by atoms with van der Waals surface area (Å²) in [4.78, 5) is 12.6. The zero-order valence-corrected chi connectivity index (χ0v) is 20.5. The summed E-state index contributed by atoms with van der Waals surface area (Å²) >= 11 is 0. The average molecular weight is 607 g/mol. The third-order valence-corrected chi connectivity index (χ3v) is 5.19. The molecule has 0 bridgehead atoms. The predicted molar refractivity (Wildman–Crippen MR) is 126 cm³/mol. The maximum absolute atomic E-state index is 12.6. The molecule has 0 spiro atoms. The first-order valence-electron chi connectivity index (χ1n) is 10.6. The molecular weight excluding hydrogens is 579 g/mol. The minimum absolute atomic E-state index is 0. The summed E-state index contributed by atoms with van der Waals surface area (Å²) in [5.74, 6) is 0.0514. The van der Waals surface area contributed by atoms with E-state index >= 15 is 0 Å². The van der Waals surface area contributed by atoms with Crippen LogP contribution in [0.5, 0.6) is 0 Å². The van der Waals surface area contributed by atoms with Crippen LogP contribution >= 0.6 is 0 Å². The second-order valence-corrected chi connectivity index (χ2v) is 8.21. The molecular formula is C27H27N2O2Pt-. The van der Waals surface area contributed by atoms with Gasteiger partial charge in [0.15, 0.2) is 5.78 Å². The number of hydrogen-bond acceptors (Lipinski definition) is 3. The molecule has 1 N–H and O–H groups in total. The van der Waals surface area contributed by atoms with E-state index in [1.54, 1.807) is 6.08 Å². The van der Waals surface area contributed by atoms with E-state index in [1.807, 2.05) is 105 Å². The second-order valence-electron chi connectivity index (χ2n) is 8.21. The number of nitrogens with one attached hydrogen (secondary N) is 1. The van der Waals surface area contributed by atoms with Crippen LogP contribution in [0.4, 0.5) is 11.4 Å². The molecule has 1 saturated heterocycles. The monoisotopic (exact) mass is 606 g/mol. The van der Waals surface area contributed by atoms with Crippen LogP contribution in [0, 0.1) is 0 Å². The number of para-hydroxylation sites is 1. The summed E-state index contributed by atoms with van der Waals surface area (Å²) < 4.78 is 6.12. The molecule has 3 aromatic rings. The van der Waals surface area contributed by atoms with Gasteiger partial charge in [0.1, 0.15) is 0 Å². The van der Waals surface area contributed by atoms with Crippen LogP contribution in [-0.4, -0.2) is 17.6 Å². The maximum Gasteiger partial charge on any atom is 0.159 e. The van der Waals surface area contributed by atoms with Gasteiger partial charge in [-0.2, -0.15) is 0 Å². The summed E-state index contributed by atoms with van der Waals surface area (Å²) in [6.45, 7) is 3.90. The van der Waals surface area contributed by atoms with E-state index < -0.39 is 5.72 Å². The van der Waals surface area contributed by atoms with Crippen molar-refractivity contribution >= 4 is 17.2 Å². The van der Waals surface area contributed by atoms with Gasteiger partial charge >= 0.3 is 0 Å². The SMILES string of the molecule is CC1(C)[N-][C@H](/C=C/C(=O)Cc2ccc(Nc3ccccc3)cc2)C(c2ccccc2)O1.[Pt]. The number of carbonyl (C=O) groups excluding carboxylic acids is 1. The van der Waals surface area contributed by atoms with Crippen LogP contribution < -0.4 is 5.32 Å². The Morgan fingerprint density at radius 1 is 0.938 bits per heavy atom. The molecule has 1 aliphatic heterocycles. The standard InChI is InChI=1S/C27H27N2O2.Pt/c1-27(2)29-25(26(31-27)21-9-5-3-6-10-21)18-17-24(30)19-20-13-15-23(16-14-20)28-22-11-7-4-8-12-22;/h3-18,25-26,28H,19H2,1-2H3;/q-1;/b18-17+;/t25-,26?;/m1./s1. The van der Waals surface area contributed by atoms with Gasteiger partial charge < -0.3 is 15.4 Å². The molecule has 1 aliphatic rings. The van der Waals surface area contributed by atoms with E-state index in [0.29, 0.717) is 6.42 Å². The summed E-state index contributed by atoms with van der Waals surface area (Å²) in [5, 5.41) is 8.09. The Balaban J connectivity index is 0.00000289. The van der Waals surface area contributed by atoms with Gasteiger partial charge in [0.05, 0.1) is 6.10 Å². The van der Waals surface area contributed by atoms with E-state index in [-0.39, 0.29) is 39.0 Å². The normalized spacial score (nSPS) is 19.4. The molecule has 1 fully saturated rings. The van der Waals surface area contributed by atoms with E-state index in [1.165, 1.54) is 0 Å². The number of anilines is 2. The van der Waals surface area contributed by atoms with Crippen molar-refractivity contribution in [3.05, 3.63) is 114 Å². The Morgan fingerprint density at radius 3 is 2.19 bits per heavy atom. The van der Waals surface area contributed by atoms with Crippen molar-refractivity contribution in [3.8, 4) is 0 Å². The maximum atomic E-state index is 12.6. The molecule has 1 heterocycles. The smallest absolute Gasteiger partial charge is 0.159 e. The Kier molecular flexibility index (Phi) is 8.20. The zero-order chi connectivity index (χ0) is 21.7.